The summed E-state index contributed by atoms with van der Waals surface area (Å²) in [6, 6.07) is 4.57. The molecule has 118 valence electrons. The van der Waals surface area contributed by atoms with E-state index in [0.29, 0.717) is 11.5 Å². The predicted octanol–water partition coefficient (Wildman–Crippen LogP) is 2.88. The highest BCUT2D eigenvalue weighted by atomic mass is 35.5. The number of benzene rings is 1. The third kappa shape index (κ3) is 5.55. The SMILES string of the molecule is CC[C@H](NC(=O)c1ccc(Cl)c(NS(C)(=O)=O)c1)C(C)C. The minimum Gasteiger partial charge on any atom is -0.349 e. The predicted molar refractivity (Wildman–Crippen MR) is 86.3 cm³/mol. The number of rotatable bonds is 6. The van der Waals surface area contributed by atoms with Crippen molar-refractivity contribution in [3.8, 4) is 0 Å². The molecule has 1 atom stereocenters. The smallest absolute Gasteiger partial charge is 0.251 e. The largest absolute Gasteiger partial charge is 0.349 e. The highest BCUT2D eigenvalue weighted by Gasteiger charge is 2.16. The van der Waals surface area contributed by atoms with Gasteiger partial charge in [-0.2, -0.15) is 0 Å². The van der Waals surface area contributed by atoms with Crippen LogP contribution < -0.4 is 10.0 Å². The Labute approximate surface area is 131 Å². The van der Waals surface area contributed by atoms with E-state index in [4.69, 9.17) is 11.6 Å². The molecular formula is C14H21ClN2O3S. The number of carbonyl (C=O) groups excluding carboxylic acids is 1. The topological polar surface area (TPSA) is 75.3 Å². The van der Waals surface area contributed by atoms with E-state index in [1.165, 1.54) is 12.1 Å². The maximum absolute atomic E-state index is 12.2. The van der Waals surface area contributed by atoms with E-state index in [9.17, 15) is 13.2 Å². The molecule has 2 N–H and O–H groups in total. The van der Waals surface area contributed by atoms with Gasteiger partial charge in [-0.3, -0.25) is 9.52 Å². The summed E-state index contributed by atoms with van der Waals surface area (Å²) in [6.45, 7) is 6.07. The zero-order chi connectivity index (χ0) is 16.2. The lowest BCUT2D eigenvalue weighted by molar-refractivity contribution is 0.0924. The first-order valence-electron chi connectivity index (χ1n) is 6.72. The molecule has 0 fully saturated rings. The molecule has 1 rings (SSSR count). The van der Waals surface area contributed by atoms with Crippen molar-refractivity contribution in [1.29, 1.82) is 0 Å². The molecule has 7 heteroatoms. The number of sulfonamides is 1. The summed E-state index contributed by atoms with van der Waals surface area (Å²) >= 11 is 5.93. The van der Waals surface area contributed by atoms with Crippen molar-refractivity contribution >= 4 is 33.2 Å². The maximum atomic E-state index is 12.2. The number of hydrogen-bond acceptors (Lipinski definition) is 3. The first-order chi connectivity index (χ1) is 9.64. The summed E-state index contributed by atoms with van der Waals surface area (Å²) in [7, 11) is -3.45. The van der Waals surface area contributed by atoms with Crippen LogP contribution in [-0.4, -0.2) is 26.6 Å². The third-order valence-corrected chi connectivity index (χ3v) is 4.01. The van der Waals surface area contributed by atoms with E-state index in [-0.39, 0.29) is 22.7 Å². The second-order valence-corrected chi connectivity index (χ2v) is 7.46. The molecule has 21 heavy (non-hydrogen) atoms. The van der Waals surface area contributed by atoms with Crippen LogP contribution in [0.4, 0.5) is 5.69 Å². The quantitative estimate of drug-likeness (QED) is 0.841. The Morgan fingerprint density at radius 1 is 1.33 bits per heavy atom. The number of hydrogen-bond donors (Lipinski definition) is 2. The van der Waals surface area contributed by atoms with E-state index >= 15 is 0 Å². The minimum atomic E-state index is -3.45. The molecule has 0 saturated carbocycles. The molecule has 1 amide bonds. The van der Waals surface area contributed by atoms with Crippen LogP contribution in [0.5, 0.6) is 0 Å². The summed E-state index contributed by atoms with van der Waals surface area (Å²) in [4.78, 5) is 12.2. The van der Waals surface area contributed by atoms with Gasteiger partial charge in [-0.05, 0) is 30.5 Å². The van der Waals surface area contributed by atoms with Gasteiger partial charge < -0.3 is 5.32 Å². The van der Waals surface area contributed by atoms with E-state index in [1.54, 1.807) is 6.07 Å². The van der Waals surface area contributed by atoms with Crippen molar-refractivity contribution in [3.05, 3.63) is 28.8 Å². The molecule has 1 aromatic rings. The van der Waals surface area contributed by atoms with Crippen molar-refractivity contribution in [1.82, 2.24) is 5.32 Å². The average Bonchev–Trinajstić information content (AvgIpc) is 2.36. The number of halogens is 1. The first-order valence-corrected chi connectivity index (χ1v) is 8.99. The Hall–Kier alpha value is -1.27. The number of amides is 1. The fourth-order valence-electron chi connectivity index (χ4n) is 1.94. The summed E-state index contributed by atoms with van der Waals surface area (Å²) in [5, 5.41) is 3.18. The molecule has 0 unspecified atom stereocenters. The lowest BCUT2D eigenvalue weighted by Gasteiger charge is -2.21. The molecule has 0 spiro atoms. The van der Waals surface area contributed by atoms with Crippen LogP contribution in [0.25, 0.3) is 0 Å². The van der Waals surface area contributed by atoms with Gasteiger partial charge in [-0.1, -0.05) is 32.4 Å². The zero-order valence-corrected chi connectivity index (χ0v) is 14.2. The van der Waals surface area contributed by atoms with Crippen molar-refractivity contribution in [3.63, 3.8) is 0 Å². The van der Waals surface area contributed by atoms with Gasteiger partial charge >= 0.3 is 0 Å². The van der Waals surface area contributed by atoms with E-state index < -0.39 is 10.0 Å². The van der Waals surface area contributed by atoms with Gasteiger partial charge in [-0.25, -0.2) is 8.42 Å². The zero-order valence-electron chi connectivity index (χ0n) is 12.6. The number of anilines is 1. The van der Waals surface area contributed by atoms with Crippen molar-refractivity contribution in [2.75, 3.05) is 11.0 Å². The lowest BCUT2D eigenvalue weighted by Crippen LogP contribution is -2.38. The van der Waals surface area contributed by atoms with E-state index in [1.807, 2.05) is 20.8 Å². The number of carbonyl (C=O) groups is 1. The Bertz CT molecular complexity index is 615. The summed E-state index contributed by atoms with van der Waals surface area (Å²) in [6.07, 6.45) is 1.85. The van der Waals surface area contributed by atoms with Crippen LogP contribution in [0.3, 0.4) is 0 Å². The molecule has 0 heterocycles. The second kappa shape index (κ2) is 7.13. The van der Waals surface area contributed by atoms with Crippen molar-refractivity contribution in [2.45, 2.75) is 33.2 Å². The number of nitrogens with one attached hydrogen (secondary N) is 2. The Morgan fingerprint density at radius 2 is 1.95 bits per heavy atom. The fraction of sp³-hybridized carbons (Fsp3) is 0.500. The van der Waals surface area contributed by atoms with Gasteiger partial charge in [0, 0.05) is 11.6 Å². The summed E-state index contributed by atoms with van der Waals surface area (Å²) < 4.78 is 24.8. The monoisotopic (exact) mass is 332 g/mol. The fourth-order valence-corrected chi connectivity index (χ4v) is 2.73. The molecule has 0 bridgehead atoms. The first kappa shape index (κ1) is 17.8. The standard InChI is InChI=1S/C14H21ClN2O3S/c1-5-12(9(2)3)16-14(18)10-6-7-11(15)13(8-10)17-21(4,19)20/h6-9,12,17H,5H2,1-4H3,(H,16,18)/t12-/m0/s1. The molecule has 0 aliphatic carbocycles. The molecule has 0 aliphatic heterocycles. The van der Waals surface area contributed by atoms with Gasteiger partial charge in [0.2, 0.25) is 10.0 Å². The molecular weight excluding hydrogens is 312 g/mol. The van der Waals surface area contributed by atoms with Crippen molar-refractivity contribution in [2.24, 2.45) is 5.92 Å². The highest BCUT2D eigenvalue weighted by molar-refractivity contribution is 7.92. The van der Waals surface area contributed by atoms with Crippen molar-refractivity contribution < 1.29 is 13.2 Å². The molecule has 0 aromatic heterocycles. The van der Waals surface area contributed by atoms with Crippen LogP contribution in [0.1, 0.15) is 37.6 Å². The highest BCUT2D eigenvalue weighted by Crippen LogP contribution is 2.24. The van der Waals surface area contributed by atoms with Gasteiger partial charge in [0.05, 0.1) is 17.0 Å². The van der Waals surface area contributed by atoms with Gasteiger partial charge in [0.1, 0.15) is 0 Å². The van der Waals surface area contributed by atoms with Gasteiger partial charge in [0.25, 0.3) is 5.91 Å². The molecule has 0 saturated heterocycles. The molecule has 1 aromatic carbocycles. The Kier molecular flexibility index (Phi) is 6.04. The molecule has 5 nitrogen and oxygen atoms in total. The summed E-state index contributed by atoms with van der Waals surface area (Å²) in [5.41, 5.74) is 0.564. The second-order valence-electron chi connectivity index (χ2n) is 5.30. The van der Waals surface area contributed by atoms with E-state index in [2.05, 4.69) is 10.0 Å². The van der Waals surface area contributed by atoms with Crippen LogP contribution >= 0.6 is 11.6 Å². The van der Waals surface area contributed by atoms with E-state index in [0.717, 1.165) is 12.7 Å². The van der Waals surface area contributed by atoms with Crippen LogP contribution in [0.2, 0.25) is 5.02 Å². The minimum absolute atomic E-state index is 0.0690. The maximum Gasteiger partial charge on any atom is 0.251 e. The normalized spacial score (nSPS) is 13.0. The average molecular weight is 333 g/mol. The van der Waals surface area contributed by atoms with Crippen LogP contribution in [-0.2, 0) is 10.0 Å². The van der Waals surface area contributed by atoms with Gasteiger partial charge in [0.15, 0.2) is 0 Å². The lowest BCUT2D eigenvalue weighted by atomic mass is 10.0. The molecule has 0 aliphatic rings. The third-order valence-electron chi connectivity index (χ3n) is 3.08. The van der Waals surface area contributed by atoms with Gasteiger partial charge in [-0.15, -0.1) is 0 Å². The Morgan fingerprint density at radius 3 is 2.43 bits per heavy atom. The summed E-state index contributed by atoms with van der Waals surface area (Å²) in [5.74, 6) is 0.0728. The Balaban J connectivity index is 2.98. The van der Waals surface area contributed by atoms with Crippen LogP contribution in [0, 0.1) is 5.92 Å². The van der Waals surface area contributed by atoms with Crippen LogP contribution in [0.15, 0.2) is 18.2 Å². The molecule has 0 radical (unpaired) electrons.